The van der Waals surface area contributed by atoms with Gasteiger partial charge in [0.25, 0.3) is 0 Å². The molecule has 0 saturated carbocycles. The molecule has 7 heteroatoms. The van der Waals surface area contributed by atoms with E-state index in [1.165, 1.54) is 0 Å². The molecular formula is C25H29N5O2. The summed E-state index contributed by atoms with van der Waals surface area (Å²) < 4.78 is 0. The zero-order valence-corrected chi connectivity index (χ0v) is 18.3. The van der Waals surface area contributed by atoms with Crippen molar-refractivity contribution in [1.82, 2.24) is 15.1 Å². The second kappa shape index (κ2) is 10.2. The van der Waals surface area contributed by atoms with Crippen molar-refractivity contribution >= 4 is 17.6 Å². The van der Waals surface area contributed by atoms with E-state index in [0.717, 1.165) is 42.7 Å². The number of hydrogen-bond donors (Lipinski definition) is 1. The Balaban J connectivity index is 1.34. The molecule has 3 amide bonds. The molecule has 0 aliphatic carbocycles. The number of benzene rings is 2. The zero-order chi connectivity index (χ0) is 22.3. The second-order valence-electron chi connectivity index (χ2n) is 8.30. The van der Waals surface area contributed by atoms with E-state index in [0.29, 0.717) is 44.7 Å². The van der Waals surface area contributed by atoms with E-state index < -0.39 is 0 Å². The predicted octanol–water partition coefficient (Wildman–Crippen LogP) is 3.10. The molecule has 0 spiro atoms. The van der Waals surface area contributed by atoms with E-state index in [-0.39, 0.29) is 11.9 Å². The summed E-state index contributed by atoms with van der Waals surface area (Å²) in [5.74, 6) is 0.205. The Labute approximate surface area is 189 Å². The van der Waals surface area contributed by atoms with E-state index >= 15 is 0 Å². The SMILES string of the molecule is N#Cc1ccccc1N1CCCN(C(=O)NCc2ccccc2CN2CCCC2=O)CC1. The largest absolute Gasteiger partial charge is 0.369 e. The first-order valence-electron chi connectivity index (χ1n) is 11.3. The smallest absolute Gasteiger partial charge is 0.317 e. The van der Waals surface area contributed by atoms with Crippen molar-refractivity contribution in [3.63, 3.8) is 0 Å². The van der Waals surface area contributed by atoms with Gasteiger partial charge in [-0.15, -0.1) is 0 Å². The molecule has 2 aromatic carbocycles. The fourth-order valence-corrected chi connectivity index (χ4v) is 4.45. The number of carbonyl (C=O) groups is 2. The highest BCUT2D eigenvalue weighted by atomic mass is 16.2. The Bertz CT molecular complexity index is 1020. The molecular weight excluding hydrogens is 402 g/mol. The summed E-state index contributed by atoms with van der Waals surface area (Å²) in [6.45, 7) is 4.64. The third kappa shape index (κ3) is 5.02. The zero-order valence-electron chi connectivity index (χ0n) is 18.3. The minimum atomic E-state index is -0.0764. The Kier molecular flexibility index (Phi) is 6.90. The number of para-hydroxylation sites is 1. The average Bonchev–Trinajstić information content (AvgIpc) is 3.07. The normalized spacial score (nSPS) is 16.6. The predicted molar refractivity (Wildman–Crippen MR) is 123 cm³/mol. The lowest BCUT2D eigenvalue weighted by Gasteiger charge is -2.25. The number of nitrogens with zero attached hydrogens (tertiary/aromatic N) is 4. The minimum absolute atomic E-state index is 0.0764. The number of amides is 3. The van der Waals surface area contributed by atoms with Crippen LogP contribution >= 0.6 is 0 Å². The van der Waals surface area contributed by atoms with Crippen LogP contribution in [0.25, 0.3) is 0 Å². The van der Waals surface area contributed by atoms with Crippen LogP contribution in [0.4, 0.5) is 10.5 Å². The van der Waals surface area contributed by atoms with Gasteiger partial charge in [0.2, 0.25) is 5.91 Å². The van der Waals surface area contributed by atoms with E-state index in [1.54, 1.807) is 0 Å². The molecule has 32 heavy (non-hydrogen) atoms. The first kappa shape index (κ1) is 21.7. The highest BCUT2D eigenvalue weighted by Crippen LogP contribution is 2.21. The maximum absolute atomic E-state index is 12.9. The van der Waals surface area contributed by atoms with Gasteiger partial charge in [0.1, 0.15) is 6.07 Å². The van der Waals surface area contributed by atoms with Gasteiger partial charge in [0, 0.05) is 52.2 Å². The Morgan fingerprint density at radius 1 is 0.938 bits per heavy atom. The average molecular weight is 432 g/mol. The van der Waals surface area contributed by atoms with Crippen LogP contribution in [-0.4, -0.2) is 54.5 Å². The molecule has 4 rings (SSSR count). The number of nitrogens with one attached hydrogen (secondary N) is 1. The number of urea groups is 1. The molecule has 0 atom stereocenters. The molecule has 2 aliphatic heterocycles. The highest BCUT2D eigenvalue weighted by molar-refractivity contribution is 5.78. The fourth-order valence-electron chi connectivity index (χ4n) is 4.45. The standard InChI is InChI=1S/C25H29N5O2/c26-17-20-7-3-4-10-23(20)28-13-6-14-29(16-15-28)25(32)27-18-21-8-1-2-9-22(21)19-30-12-5-11-24(30)31/h1-4,7-10H,5-6,11-16,18-19H2,(H,27,32). The van der Waals surface area contributed by atoms with Gasteiger partial charge in [-0.3, -0.25) is 4.79 Å². The third-order valence-electron chi connectivity index (χ3n) is 6.23. The quantitative estimate of drug-likeness (QED) is 0.789. The van der Waals surface area contributed by atoms with Crippen molar-refractivity contribution in [3.8, 4) is 6.07 Å². The monoisotopic (exact) mass is 431 g/mol. The lowest BCUT2D eigenvalue weighted by atomic mass is 10.1. The van der Waals surface area contributed by atoms with Crippen molar-refractivity contribution < 1.29 is 9.59 Å². The summed E-state index contributed by atoms with van der Waals surface area (Å²) in [6.07, 6.45) is 2.40. The van der Waals surface area contributed by atoms with Gasteiger partial charge in [0.05, 0.1) is 11.3 Å². The van der Waals surface area contributed by atoms with Crippen molar-refractivity contribution in [3.05, 3.63) is 65.2 Å². The molecule has 2 fully saturated rings. The van der Waals surface area contributed by atoms with E-state index in [9.17, 15) is 14.9 Å². The van der Waals surface area contributed by atoms with Gasteiger partial charge < -0.3 is 20.0 Å². The third-order valence-corrected chi connectivity index (χ3v) is 6.23. The number of carbonyl (C=O) groups excluding carboxylic acids is 2. The summed E-state index contributed by atoms with van der Waals surface area (Å²) in [6, 6.07) is 17.8. The molecule has 0 aromatic heterocycles. The van der Waals surface area contributed by atoms with Crippen LogP contribution in [0.3, 0.4) is 0 Å². The maximum Gasteiger partial charge on any atom is 0.317 e. The van der Waals surface area contributed by atoms with Crippen molar-refractivity contribution in [1.29, 1.82) is 5.26 Å². The molecule has 0 unspecified atom stereocenters. The van der Waals surface area contributed by atoms with Crippen molar-refractivity contribution in [2.24, 2.45) is 0 Å². The van der Waals surface area contributed by atoms with Gasteiger partial charge in [-0.1, -0.05) is 36.4 Å². The number of nitriles is 1. The van der Waals surface area contributed by atoms with Crippen LogP contribution in [0.2, 0.25) is 0 Å². The molecule has 166 valence electrons. The Morgan fingerprint density at radius 3 is 2.50 bits per heavy atom. The fraction of sp³-hybridized carbons (Fsp3) is 0.400. The van der Waals surface area contributed by atoms with Gasteiger partial charge in [-0.25, -0.2) is 4.79 Å². The van der Waals surface area contributed by atoms with Gasteiger partial charge in [-0.2, -0.15) is 5.26 Å². The summed E-state index contributed by atoms with van der Waals surface area (Å²) in [4.78, 5) is 30.8. The maximum atomic E-state index is 12.9. The first-order valence-corrected chi connectivity index (χ1v) is 11.3. The highest BCUT2D eigenvalue weighted by Gasteiger charge is 2.22. The van der Waals surface area contributed by atoms with Crippen LogP contribution in [0.5, 0.6) is 0 Å². The van der Waals surface area contributed by atoms with Crippen LogP contribution in [0.15, 0.2) is 48.5 Å². The van der Waals surface area contributed by atoms with Gasteiger partial charge in [-0.05, 0) is 36.1 Å². The molecule has 2 heterocycles. The number of rotatable bonds is 5. The number of likely N-dealkylation sites (tertiary alicyclic amines) is 1. The van der Waals surface area contributed by atoms with Crippen LogP contribution in [-0.2, 0) is 17.9 Å². The summed E-state index contributed by atoms with van der Waals surface area (Å²) >= 11 is 0. The van der Waals surface area contributed by atoms with Crippen LogP contribution < -0.4 is 10.2 Å². The lowest BCUT2D eigenvalue weighted by molar-refractivity contribution is -0.128. The Hall–Kier alpha value is -3.53. The van der Waals surface area contributed by atoms with Crippen molar-refractivity contribution in [2.45, 2.75) is 32.4 Å². The number of anilines is 1. The lowest BCUT2D eigenvalue weighted by Crippen LogP contribution is -2.42. The summed E-state index contributed by atoms with van der Waals surface area (Å²) in [5.41, 5.74) is 3.72. The van der Waals surface area contributed by atoms with Gasteiger partial charge >= 0.3 is 6.03 Å². The van der Waals surface area contributed by atoms with E-state index in [4.69, 9.17) is 0 Å². The molecule has 7 nitrogen and oxygen atoms in total. The van der Waals surface area contributed by atoms with Crippen molar-refractivity contribution in [2.75, 3.05) is 37.6 Å². The summed E-state index contributed by atoms with van der Waals surface area (Å²) in [7, 11) is 0. The molecule has 0 radical (unpaired) electrons. The molecule has 1 N–H and O–H groups in total. The number of hydrogen-bond acceptors (Lipinski definition) is 4. The molecule has 2 aliphatic rings. The topological polar surface area (TPSA) is 79.7 Å². The van der Waals surface area contributed by atoms with Gasteiger partial charge in [0.15, 0.2) is 0 Å². The van der Waals surface area contributed by atoms with Crippen LogP contribution in [0.1, 0.15) is 36.0 Å². The van der Waals surface area contributed by atoms with E-state index in [2.05, 4.69) is 16.3 Å². The Morgan fingerprint density at radius 2 is 1.72 bits per heavy atom. The second-order valence-corrected chi connectivity index (χ2v) is 8.30. The first-order chi connectivity index (χ1) is 15.7. The minimum Gasteiger partial charge on any atom is -0.369 e. The molecule has 0 bridgehead atoms. The van der Waals surface area contributed by atoms with Crippen LogP contribution in [0, 0.1) is 11.3 Å². The molecule has 2 saturated heterocycles. The summed E-state index contributed by atoms with van der Waals surface area (Å²) in [5, 5.41) is 12.5. The van der Waals surface area contributed by atoms with E-state index in [1.807, 2.05) is 58.3 Å². The molecule has 2 aromatic rings.